The molecule has 0 bridgehead atoms. The number of aryl methyl sites for hydroxylation is 1. The van der Waals surface area contributed by atoms with E-state index in [-0.39, 0.29) is 39.8 Å². The topological polar surface area (TPSA) is 96.0 Å². The lowest BCUT2D eigenvalue weighted by atomic mass is 10.1. The average Bonchev–Trinajstić information content (AvgIpc) is 3.51. The first-order chi connectivity index (χ1) is 20.6. The van der Waals surface area contributed by atoms with E-state index in [9.17, 15) is 18.0 Å². The zero-order valence-electron chi connectivity index (χ0n) is 25.0. The lowest BCUT2D eigenvalue weighted by Crippen LogP contribution is -2.54. The van der Waals surface area contributed by atoms with Crippen LogP contribution >= 0.6 is 11.6 Å². The summed E-state index contributed by atoms with van der Waals surface area (Å²) >= 11 is 6.32. The van der Waals surface area contributed by atoms with Crippen LogP contribution in [0.1, 0.15) is 50.2 Å². The van der Waals surface area contributed by atoms with Gasteiger partial charge in [0.05, 0.1) is 17.7 Å². The van der Waals surface area contributed by atoms with E-state index in [1.54, 1.807) is 24.3 Å². The molecule has 3 aromatic rings. The summed E-state index contributed by atoms with van der Waals surface area (Å²) in [4.78, 5) is 29.4. The predicted octanol–water partition coefficient (Wildman–Crippen LogP) is 5.76. The highest BCUT2D eigenvalue weighted by molar-refractivity contribution is 7.92. The number of rotatable bonds is 13. The number of anilines is 1. The lowest BCUT2D eigenvalue weighted by Gasteiger charge is -2.34. The summed E-state index contributed by atoms with van der Waals surface area (Å²) in [6, 6.07) is 20.1. The smallest absolute Gasteiger partial charge is 0.264 e. The van der Waals surface area contributed by atoms with E-state index in [4.69, 9.17) is 16.3 Å². The van der Waals surface area contributed by atoms with Crippen LogP contribution in [0.4, 0.5) is 5.69 Å². The van der Waals surface area contributed by atoms with E-state index in [2.05, 4.69) is 5.32 Å². The first-order valence-corrected chi connectivity index (χ1v) is 16.5. The van der Waals surface area contributed by atoms with Gasteiger partial charge in [-0.15, -0.1) is 0 Å². The third-order valence-electron chi connectivity index (χ3n) is 7.87. The molecule has 0 spiro atoms. The number of amides is 2. The molecule has 0 radical (unpaired) electrons. The van der Waals surface area contributed by atoms with Gasteiger partial charge in [-0.05, 0) is 68.5 Å². The molecule has 3 aromatic carbocycles. The molecule has 1 N–H and O–H groups in total. The minimum absolute atomic E-state index is 0.0229. The lowest BCUT2D eigenvalue weighted by molar-refractivity contribution is -0.139. The van der Waals surface area contributed by atoms with E-state index in [1.807, 2.05) is 44.2 Å². The Kier molecular flexibility index (Phi) is 11.1. The van der Waals surface area contributed by atoms with Gasteiger partial charge in [-0.3, -0.25) is 13.9 Å². The summed E-state index contributed by atoms with van der Waals surface area (Å²) in [6.45, 7) is 3.42. The third kappa shape index (κ3) is 8.09. The number of methoxy groups -OCH3 is 1. The maximum Gasteiger partial charge on any atom is 0.264 e. The second-order valence-corrected chi connectivity index (χ2v) is 13.2. The van der Waals surface area contributed by atoms with Crippen molar-refractivity contribution in [2.24, 2.45) is 0 Å². The number of nitrogens with one attached hydrogen (secondary N) is 1. The largest absolute Gasteiger partial charge is 0.495 e. The number of ether oxygens (including phenoxy) is 1. The van der Waals surface area contributed by atoms with Crippen LogP contribution in [-0.4, -0.2) is 57.4 Å². The Morgan fingerprint density at radius 2 is 1.70 bits per heavy atom. The van der Waals surface area contributed by atoms with Gasteiger partial charge < -0.3 is 15.0 Å². The Balaban J connectivity index is 1.72. The maximum absolute atomic E-state index is 14.3. The number of hydrogen-bond donors (Lipinski definition) is 1. The number of halogens is 1. The van der Waals surface area contributed by atoms with Crippen LogP contribution in [0.5, 0.6) is 5.75 Å². The van der Waals surface area contributed by atoms with E-state index in [1.165, 1.54) is 30.2 Å². The SMILES string of the molecule is CC[C@@H](C(=O)NC1CCCC1)N(CCc1ccccc1)C(=O)CN(c1cc(Cl)ccc1OC)S(=O)(=O)c1ccc(C)cc1. The Morgan fingerprint density at radius 1 is 1.02 bits per heavy atom. The number of carbonyl (C=O) groups excluding carboxylic acids is 2. The molecule has 8 nitrogen and oxygen atoms in total. The van der Waals surface area contributed by atoms with Crippen molar-refractivity contribution < 1.29 is 22.7 Å². The van der Waals surface area contributed by atoms with Crippen LogP contribution in [0.15, 0.2) is 77.7 Å². The molecule has 1 atom stereocenters. The van der Waals surface area contributed by atoms with Gasteiger partial charge in [-0.25, -0.2) is 8.42 Å². The fraction of sp³-hybridized carbons (Fsp3) is 0.394. The van der Waals surface area contributed by atoms with Crippen molar-refractivity contribution in [1.29, 1.82) is 0 Å². The summed E-state index contributed by atoms with van der Waals surface area (Å²) in [7, 11) is -2.81. The fourth-order valence-electron chi connectivity index (χ4n) is 5.47. The summed E-state index contributed by atoms with van der Waals surface area (Å²) < 4.78 is 34.8. The van der Waals surface area contributed by atoms with Crippen molar-refractivity contribution in [2.75, 3.05) is 24.5 Å². The first kappa shape index (κ1) is 32.4. The number of sulfonamides is 1. The Morgan fingerprint density at radius 3 is 2.33 bits per heavy atom. The van der Waals surface area contributed by atoms with Crippen molar-refractivity contribution in [3.05, 3.63) is 88.9 Å². The van der Waals surface area contributed by atoms with Crippen LogP contribution in [0, 0.1) is 6.92 Å². The monoisotopic (exact) mass is 625 g/mol. The molecule has 0 unspecified atom stereocenters. The van der Waals surface area contributed by atoms with Gasteiger partial charge >= 0.3 is 0 Å². The van der Waals surface area contributed by atoms with Crippen molar-refractivity contribution >= 4 is 39.1 Å². The minimum Gasteiger partial charge on any atom is -0.495 e. The molecule has 2 amide bonds. The molecule has 0 aromatic heterocycles. The average molecular weight is 626 g/mol. The molecular formula is C33H40ClN3O5S. The molecule has 0 saturated heterocycles. The summed E-state index contributed by atoms with van der Waals surface area (Å²) in [5, 5.41) is 3.42. The zero-order chi connectivity index (χ0) is 31.0. The molecule has 1 aliphatic rings. The molecule has 1 saturated carbocycles. The van der Waals surface area contributed by atoms with E-state index in [0.29, 0.717) is 12.8 Å². The standard InChI is InChI=1S/C33H40ClN3O5S/c1-4-29(33(39)35-27-12-8-9-13-27)36(21-20-25-10-6-5-7-11-25)32(38)23-37(30-22-26(34)16-19-31(30)42-3)43(40,41)28-17-14-24(2)15-18-28/h5-7,10-11,14-19,22,27,29H,4,8-9,12-13,20-21,23H2,1-3H3,(H,35,39)/t29-/m0/s1. The van der Waals surface area contributed by atoms with Crippen molar-refractivity contribution in [2.45, 2.75) is 69.4 Å². The van der Waals surface area contributed by atoms with Gasteiger partial charge in [0.2, 0.25) is 11.8 Å². The highest BCUT2D eigenvalue weighted by Crippen LogP contribution is 2.35. The quantitative estimate of drug-likeness (QED) is 0.261. The van der Waals surface area contributed by atoms with Crippen LogP contribution in [-0.2, 0) is 26.0 Å². The highest BCUT2D eigenvalue weighted by atomic mass is 35.5. The molecule has 0 aliphatic heterocycles. The fourth-order valence-corrected chi connectivity index (χ4v) is 7.06. The maximum atomic E-state index is 14.3. The van der Waals surface area contributed by atoms with Crippen LogP contribution in [0.2, 0.25) is 5.02 Å². The van der Waals surface area contributed by atoms with Crippen LogP contribution < -0.4 is 14.4 Å². The Bertz CT molecular complexity index is 1490. The van der Waals surface area contributed by atoms with Gasteiger partial charge in [0.1, 0.15) is 18.3 Å². The predicted molar refractivity (Wildman–Crippen MR) is 170 cm³/mol. The van der Waals surface area contributed by atoms with Gasteiger partial charge in [0, 0.05) is 17.6 Å². The van der Waals surface area contributed by atoms with Gasteiger partial charge in [0.15, 0.2) is 0 Å². The number of nitrogens with zero attached hydrogens (tertiary/aromatic N) is 2. The molecular weight excluding hydrogens is 586 g/mol. The molecule has 1 fully saturated rings. The highest BCUT2D eigenvalue weighted by Gasteiger charge is 2.35. The van der Waals surface area contributed by atoms with Gasteiger partial charge in [-0.1, -0.05) is 79.4 Å². The molecule has 230 valence electrons. The van der Waals surface area contributed by atoms with Crippen molar-refractivity contribution in [3.63, 3.8) is 0 Å². The summed E-state index contributed by atoms with van der Waals surface area (Å²) in [5.41, 5.74) is 2.04. The Labute approximate surface area is 260 Å². The van der Waals surface area contributed by atoms with E-state index < -0.39 is 28.5 Å². The van der Waals surface area contributed by atoms with Gasteiger partial charge in [-0.2, -0.15) is 0 Å². The second kappa shape index (κ2) is 14.8. The number of hydrogen-bond acceptors (Lipinski definition) is 5. The second-order valence-electron chi connectivity index (χ2n) is 10.9. The normalized spacial score (nSPS) is 14.2. The summed E-state index contributed by atoms with van der Waals surface area (Å²) in [6.07, 6.45) is 4.83. The van der Waals surface area contributed by atoms with Crippen molar-refractivity contribution in [1.82, 2.24) is 10.2 Å². The Hall–Kier alpha value is -3.56. The molecule has 10 heteroatoms. The zero-order valence-corrected chi connectivity index (χ0v) is 26.5. The molecule has 1 aliphatic carbocycles. The van der Waals surface area contributed by atoms with Crippen LogP contribution in [0.25, 0.3) is 0 Å². The molecule has 0 heterocycles. The van der Waals surface area contributed by atoms with Crippen molar-refractivity contribution in [3.8, 4) is 5.75 Å². The van der Waals surface area contributed by atoms with E-state index in [0.717, 1.165) is 41.1 Å². The molecule has 4 rings (SSSR count). The number of benzene rings is 3. The van der Waals surface area contributed by atoms with E-state index >= 15 is 0 Å². The number of carbonyl (C=O) groups is 2. The third-order valence-corrected chi connectivity index (χ3v) is 9.88. The van der Waals surface area contributed by atoms with Crippen LogP contribution in [0.3, 0.4) is 0 Å². The molecule has 43 heavy (non-hydrogen) atoms. The first-order valence-electron chi connectivity index (χ1n) is 14.7. The minimum atomic E-state index is -4.24. The summed E-state index contributed by atoms with van der Waals surface area (Å²) in [5.74, 6) is -0.471. The van der Waals surface area contributed by atoms with Gasteiger partial charge in [0.25, 0.3) is 10.0 Å².